The van der Waals surface area contributed by atoms with Crippen LogP contribution < -0.4 is 15.8 Å². The zero-order chi connectivity index (χ0) is 13.8. The Morgan fingerprint density at radius 1 is 1.68 bits per heavy atom. The van der Waals surface area contributed by atoms with Crippen LogP contribution in [0.2, 0.25) is 5.02 Å². The minimum atomic E-state index is -0.254. The Kier molecular flexibility index (Phi) is 4.79. The predicted octanol–water partition coefficient (Wildman–Crippen LogP) is 0.341. The van der Waals surface area contributed by atoms with Gasteiger partial charge < -0.3 is 15.0 Å². The quantitative estimate of drug-likeness (QED) is 0.865. The second-order valence-corrected chi connectivity index (χ2v) is 4.92. The van der Waals surface area contributed by atoms with E-state index in [0.29, 0.717) is 25.4 Å². The first-order chi connectivity index (χ1) is 9.13. The van der Waals surface area contributed by atoms with E-state index >= 15 is 0 Å². The smallest absolute Gasteiger partial charge is 0.287 e. The molecule has 0 spiro atoms. The average Bonchev–Trinajstić information content (AvgIpc) is 2.42. The Morgan fingerprint density at radius 3 is 3.11 bits per heavy atom. The van der Waals surface area contributed by atoms with Crippen LogP contribution in [0.25, 0.3) is 0 Å². The number of nitrogens with zero attached hydrogens (tertiary/aromatic N) is 3. The van der Waals surface area contributed by atoms with E-state index in [4.69, 9.17) is 16.3 Å². The number of morpholine rings is 1. The summed E-state index contributed by atoms with van der Waals surface area (Å²) in [5.41, 5.74) is 0.391. The molecule has 1 aromatic heterocycles. The summed E-state index contributed by atoms with van der Waals surface area (Å²) in [6, 6.07) is 0. The number of hydrogen-bond acceptors (Lipinski definition) is 5. The van der Waals surface area contributed by atoms with Crippen molar-refractivity contribution in [1.82, 2.24) is 15.1 Å². The van der Waals surface area contributed by atoms with E-state index in [1.54, 1.807) is 6.20 Å². The third kappa shape index (κ3) is 3.26. The maximum Gasteiger partial charge on any atom is 0.287 e. The van der Waals surface area contributed by atoms with Crippen LogP contribution in [-0.2, 0) is 11.3 Å². The van der Waals surface area contributed by atoms with Gasteiger partial charge in [-0.2, -0.15) is 5.10 Å². The molecule has 0 radical (unpaired) electrons. The number of aromatic nitrogens is 2. The van der Waals surface area contributed by atoms with E-state index in [1.165, 1.54) is 4.68 Å². The molecular weight excluding hydrogens is 268 g/mol. The number of hydrogen-bond donors (Lipinski definition) is 1. The molecule has 2 rings (SSSR count). The standard InChI is InChI=1S/C12H19ClN4O2/c1-3-17-12(18)11(13)10(7-15-17)16(2)8-9-6-14-4-5-19-9/h7,9,14H,3-6,8H2,1-2H3. The van der Waals surface area contributed by atoms with Gasteiger partial charge in [0.15, 0.2) is 0 Å². The largest absolute Gasteiger partial charge is 0.374 e. The van der Waals surface area contributed by atoms with Crippen molar-refractivity contribution in [1.29, 1.82) is 0 Å². The molecule has 0 amide bonds. The number of ether oxygens (including phenoxy) is 1. The molecule has 7 heteroatoms. The third-order valence-corrected chi connectivity index (χ3v) is 3.51. The van der Waals surface area contributed by atoms with E-state index < -0.39 is 0 Å². The van der Waals surface area contributed by atoms with Crippen LogP contribution in [0, 0.1) is 0 Å². The fourth-order valence-corrected chi connectivity index (χ4v) is 2.38. The minimum Gasteiger partial charge on any atom is -0.374 e. The van der Waals surface area contributed by atoms with Crippen molar-refractivity contribution in [2.75, 3.05) is 38.2 Å². The number of halogens is 1. The molecule has 0 aromatic carbocycles. The lowest BCUT2D eigenvalue weighted by molar-refractivity contribution is 0.0340. The molecule has 106 valence electrons. The lowest BCUT2D eigenvalue weighted by Gasteiger charge is -2.29. The van der Waals surface area contributed by atoms with Crippen LogP contribution in [0.15, 0.2) is 11.0 Å². The Hall–Kier alpha value is -1.11. The average molecular weight is 287 g/mol. The molecule has 1 N–H and O–H groups in total. The molecule has 1 aliphatic rings. The van der Waals surface area contributed by atoms with Crippen LogP contribution in [0.4, 0.5) is 5.69 Å². The topological polar surface area (TPSA) is 59.4 Å². The highest BCUT2D eigenvalue weighted by molar-refractivity contribution is 6.33. The minimum absolute atomic E-state index is 0.100. The number of anilines is 1. The maximum absolute atomic E-state index is 11.9. The number of likely N-dealkylation sites (N-methyl/N-ethyl adjacent to an activating group) is 1. The first-order valence-corrected chi connectivity index (χ1v) is 6.80. The number of aryl methyl sites for hydroxylation is 1. The summed E-state index contributed by atoms with van der Waals surface area (Å²) >= 11 is 6.12. The van der Waals surface area contributed by atoms with Crippen molar-refractivity contribution in [3.8, 4) is 0 Å². The lowest BCUT2D eigenvalue weighted by Crippen LogP contribution is -2.44. The van der Waals surface area contributed by atoms with Gasteiger partial charge in [-0.05, 0) is 6.92 Å². The van der Waals surface area contributed by atoms with Crippen molar-refractivity contribution in [2.24, 2.45) is 0 Å². The Balaban J connectivity index is 2.12. The van der Waals surface area contributed by atoms with Gasteiger partial charge in [0.25, 0.3) is 5.56 Å². The van der Waals surface area contributed by atoms with Crippen LogP contribution in [0.5, 0.6) is 0 Å². The molecule has 1 atom stereocenters. The Bertz CT molecular complexity index is 485. The number of nitrogens with one attached hydrogen (secondary N) is 1. The molecule has 2 heterocycles. The van der Waals surface area contributed by atoms with Crippen molar-refractivity contribution in [2.45, 2.75) is 19.6 Å². The molecule has 6 nitrogen and oxygen atoms in total. The molecule has 1 unspecified atom stereocenters. The summed E-state index contributed by atoms with van der Waals surface area (Å²) in [5.74, 6) is 0. The van der Waals surface area contributed by atoms with E-state index in [0.717, 1.165) is 13.1 Å². The molecule has 1 aromatic rings. The fraction of sp³-hybridized carbons (Fsp3) is 0.667. The van der Waals surface area contributed by atoms with E-state index in [2.05, 4.69) is 10.4 Å². The van der Waals surface area contributed by atoms with E-state index in [-0.39, 0.29) is 16.7 Å². The first-order valence-electron chi connectivity index (χ1n) is 6.42. The summed E-state index contributed by atoms with van der Waals surface area (Å²) in [4.78, 5) is 13.8. The summed E-state index contributed by atoms with van der Waals surface area (Å²) < 4.78 is 6.98. The zero-order valence-corrected chi connectivity index (χ0v) is 12.0. The fourth-order valence-electron chi connectivity index (χ4n) is 2.09. The van der Waals surface area contributed by atoms with Crippen LogP contribution >= 0.6 is 11.6 Å². The normalized spacial score (nSPS) is 19.4. The molecule has 1 aliphatic heterocycles. The maximum atomic E-state index is 11.9. The summed E-state index contributed by atoms with van der Waals surface area (Å²) in [5, 5.41) is 7.57. The highest BCUT2D eigenvalue weighted by Gasteiger charge is 2.18. The van der Waals surface area contributed by atoms with Gasteiger partial charge in [-0.1, -0.05) is 11.6 Å². The molecule has 1 saturated heterocycles. The predicted molar refractivity (Wildman–Crippen MR) is 75.1 cm³/mol. The highest BCUT2D eigenvalue weighted by atomic mass is 35.5. The van der Waals surface area contributed by atoms with Gasteiger partial charge in [0, 0.05) is 33.2 Å². The second kappa shape index (κ2) is 6.36. The summed E-state index contributed by atoms with van der Waals surface area (Å²) in [6.07, 6.45) is 1.73. The molecule has 0 saturated carbocycles. The zero-order valence-electron chi connectivity index (χ0n) is 11.2. The highest BCUT2D eigenvalue weighted by Crippen LogP contribution is 2.20. The van der Waals surface area contributed by atoms with E-state index in [1.807, 2.05) is 18.9 Å². The Morgan fingerprint density at radius 2 is 2.47 bits per heavy atom. The lowest BCUT2D eigenvalue weighted by atomic mass is 10.2. The molecule has 0 aliphatic carbocycles. The molecular formula is C12H19ClN4O2. The monoisotopic (exact) mass is 286 g/mol. The van der Waals surface area contributed by atoms with Crippen molar-refractivity contribution in [3.63, 3.8) is 0 Å². The Labute approximate surface area is 117 Å². The van der Waals surface area contributed by atoms with Gasteiger partial charge in [0.2, 0.25) is 0 Å². The van der Waals surface area contributed by atoms with Crippen molar-refractivity contribution >= 4 is 17.3 Å². The van der Waals surface area contributed by atoms with Gasteiger partial charge in [-0.3, -0.25) is 4.79 Å². The summed E-state index contributed by atoms with van der Waals surface area (Å²) in [7, 11) is 1.89. The van der Waals surface area contributed by atoms with Gasteiger partial charge in [-0.25, -0.2) is 4.68 Å². The molecule has 19 heavy (non-hydrogen) atoms. The van der Waals surface area contributed by atoms with Crippen molar-refractivity contribution in [3.05, 3.63) is 21.6 Å². The van der Waals surface area contributed by atoms with Gasteiger partial charge >= 0.3 is 0 Å². The van der Waals surface area contributed by atoms with E-state index in [9.17, 15) is 4.79 Å². The van der Waals surface area contributed by atoms with Crippen LogP contribution in [-0.4, -0.2) is 49.2 Å². The SMILES string of the molecule is CCn1ncc(N(C)CC2CNCCO2)c(Cl)c1=O. The van der Waals surface area contributed by atoms with Gasteiger partial charge in [-0.15, -0.1) is 0 Å². The molecule has 1 fully saturated rings. The first kappa shape index (κ1) is 14.3. The van der Waals surface area contributed by atoms with Gasteiger partial charge in [0.1, 0.15) is 5.02 Å². The molecule has 0 bridgehead atoms. The number of rotatable bonds is 4. The van der Waals surface area contributed by atoms with Gasteiger partial charge in [0.05, 0.1) is 24.6 Å². The van der Waals surface area contributed by atoms with Crippen molar-refractivity contribution < 1.29 is 4.74 Å². The third-order valence-electron chi connectivity index (χ3n) is 3.16. The van der Waals surface area contributed by atoms with Crippen LogP contribution in [0.3, 0.4) is 0 Å². The summed E-state index contributed by atoms with van der Waals surface area (Å²) in [6.45, 7) is 5.44. The van der Waals surface area contributed by atoms with Crippen LogP contribution in [0.1, 0.15) is 6.92 Å². The second-order valence-electron chi connectivity index (χ2n) is 4.54.